The van der Waals surface area contributed by atoms with Crippen molar-refractivity contribution in [2.75, 3.05) is 14.1 Å². The van der Waals surface area contributed by atoms with E-state index in [0.717, 1.165) is 48.7 Å². The van der Waals surface area contributed by atoms with Crippen LogP contribution in [-0.2, 0) is 78.1 Å². The second-order valence-electron chi connectivity index (χ2n) is 4.90. The molecule has 0 aliphatic rings. The monoisotopic (exact) mass is 623 g/mol. The molecule has 0 fully saturated rings. The molecule has 2 heterocycles. The Bertz CT molecular complexity index is 512. The molecule has 0 aliphatic heterocycles. The van der Waals surface area contributed by atoms with Crippen molar-refractivity contribution in [2.45, 2.75) is 75.4 Å². The van der Waals surface area contributed by atoms with Crippen LogP contribution in [0.5, 0.6) is 0 Å². The Labute approximate surface area is 249 Å². The standard InChI is InChI=1S/C9H14N2.C9H13N2.2C2H6.2CH4.2CH3.B.Ru.Y/c2*1-3-8-5-4-6-9(11-8)7-10-2;2*1-2;;;;;;;/h4-6,10H,3,7H2,1-2H3;4-6,10H,1,3,7H2,2H3;2*1-2H3;2*1H4;2*1H3;;;/q;-1;;;;;2*-1;;+4;. The first-order valence-electron chi connectivity index (χ1n) is 9.71. The zero-order chi connectivity index (χ0) is 20.2. The van der Waals surface area contributed by atoms with E-state index in [4.69, 9.17) is 0 Å². The van der Waals surface area contributed by atoms with Gasteiger partial charge in [-0.25, -0.2) is 0 Å². The number of aromatic nitrogens is 2. The normalized spacial score (nSPS) is 7.03. The van der Waals surface area contributed by atoms with Crippen molar-refractivity contribution >= 4 is 8.41 Å². The smallest absolute Gasteiger partial charge is 0.358 e. The fourth-order valence-corrected chi connectivity index (χ4v) is 1.95. The predicted octanol–water partition coefficient (Wildman–Crippen LogP) is 6.38. The number of hydrogen-bond donors (Lipinski definition) is 2. The Morgan fingerprint density at radius 2 is 1.03 bits per heavy atom. The SMILES string of the molecule is C.C.CC.CC.CCc1cccc(CNC)n1.[B].[CH2-]Cc1cccc(CNC)n1.[CH3-].[CH3-].[Ru+4].[Y]. The van der Waals surface area contributed by atoms with Crippen molar-refractivity contribution in [3.63, 3.8) is 0 Å². The Morgan fingerprint density at radius 3 is 1.33 bits per heavy atom. The number of nitrogens with one attached hydrogen (secondary N) is 2. The topological polar surface area (TPSA) is 49.8 Å². The van der Waals surface area contributed by atoms with Crippen LogP contribution in [0, 0.1) is 21.8 Å². The Hall–Kier alpha value is 0.0122. The summed E-state index contributed by atoms with van der Waals surface area (Å²) in [5.74, 6) is 0. The molecule has 0 saturated carbocycles. The maximum atomic E-state index is 4.42. The molecule has 0 amide bonds. The summed E-state index contributed by atoms with van der Waals surface area (Å²) in [6, 6.07) is 12.2. The van der Waals surface area contributed by atoms with Crippen LogP contribution >= 0.6 is 0 Å². The summed E-state index contributed by atoms with van der Waals surface area (Å²) in [7, 11) is 3.85. The summed E-state index contributed by atoms with van der Waals surface area (Å²) in [5, 5.41) is 6.13. The van der Waals surface area contributed by atoms with E-state index in [1.165, 1.54) is 0 Å². The van der Waals surface area contributed by atoms with Gasteiger partial charge >= 0.3 is 19.5 Å². The number of pyridine rings is 2. The van der Waals surface area contributed by atoms with Gasteiger partial charge in [-0.2, -0.15) is 0 Å². The summed E-state index contributed by atoms with van der Waals surface area (Å²) in [5.41, 5.74) is 4.41. The molecule has 0 unspecified atom stereocenters. The zero-order valence-electron chi connectivity index (χ0n) is 21.4. The minimum Gasteiger partial charge on any atom is -0.358 e. The van der Waals surface area contributed by atoms with Gasteiger partial charge in [-0.3, -0.25) is 9.97 Å². The molecule has 2 aromatic heterocycles. The first kappa shape index (κ1) is 58.7. The van der Waals surface area contributed by atoms with E-state index in [0.29, 0.717) is 0 Å². The largest absolute Gasteiger partial charge is 4.00 e. The first-order chi connectivity index (χ1) is 12.7. The van der Waals surface area contributed by atoms with Crippen LogP contribution in [0.4, 0.5) is 0 Å². The van der Waals surface area contributed by atoms with Gasteiger partial charge < -0.3 is 32.4 Å². The summed E-state index contributed by atoms with van der Waals surface area (Å²) in [6.45, 7) is 15.6. The molecule has 0 saturated heterocycles. The second-order valence-corrected chi connectivity index (χ2v) is 4.90. The van der Waals surface area contributed by atoms with Crippen LogP contribution < -0.4 is 10.6 Å². The van der Waals surface area contributed by atoms with Gasteiger partial charge in [-0.05, 0) is 44.8 Å². The molecule has 2 N–H and O–H groups in total. The average Bonchev–Trinajstić information content (AvgIpc) is 2.72. The van der Waals surface area contributed by atoms with Crippen molar-refractivity contribution in [3.05, 3.63) is 81.0 Å². The quantitative estimate of drug-likeness (QED) is 0.290. The Balaban J connectivity index is -0.0000000365. The van der Waals surface area contributed by atoms with E-state index >= 15 is 0 Å². The van der Waals surface area contributed by atoms with E-state index < -0.39 is 0 Å². The van der Waals surface area contributed by atoms with Crippen LogP contribution in [0.3, 0.4) is 0 Å². The third-order valence-electron chi connectivity index (χ3n) is 3.06. The van der Waals surface area contributed by atoms with Gasteiger partial charge in [0.25, 0.3) is 0 Å². The molecule has 190 valence electrons. The van der Waals surface area contributed by atoms with Gasteiger partial charge in [-0.1, -0.05) is 61.6 Å². The van der Waals surface area contributed by atoms with Crippen LogP contribution in [0.25, 0.3) is 0 Å². The van der Waals surface area contributed by atoms with Crippen molar-refractivity contribution in [1.82, 2.24) is 20.6 Å². The van der Waals surface area contributed by atoms with Crippen molar-refractivity contribution < 1.29 is 52.2 Å². The Kier molecular flexibility index (Phi) is 80.9. The maximum Gasteiger partial charge on any atom is 4.00 e. The van der Waals surface area contributed by atoms with Crippen LogP contribution in [-0.4, -0.2) is 32.5 Å². The molecule has 2 aromatic rings. The summed E-state index contributed by atoms with van der Waals surface area (Å²) in [6.07, 6.45) is 1.77. The van der Waals surface area contributed by atoms with Gasteiger partial charge in [0.1, 0.15) is 0 Å². The predicted molar refractivity (Wildman–Crippen MR) is 147 cm³/mol. The fraction of sp³-hybridized carbons (Fsp3) is 0.500. The van der Waals surface area contributed by atoms with Gasteiger partial charge in [0.05, 0.1) is 11.4 Å². The van der Waals surface area contributed by atoms with Gasteiger partial charge in [0, 0.05) is 65.6 Å². The van der Waals surface area contributed by atoms with Crippen LogP contribution in [0.15, 0.2) is 36.4 Å². The molecule has 4 radical (unpaired) electrons. The molecule has 33 heavy (non-hydrogen) atoms. The molecule has 0 atom stereocenters. The minimum absolute atomic E-state index is 0. The van der Waals surface area contributed by atoms with Crippen LogP contribution in [0.2, 0.25) is 0 Å². The van der Waals surface area contributed by atoms with E-state index in [1.54, 1.807) is 0 Å². The third-order valence-corrected chi connectivity index (χ3v) is 3.06. The maximum absolute atomic E-state index is 4.42. The van der Waals surface area contributed by atoms with Crippen molar-refractivity contribution in [3.8, 4) is 0 Å². The van der Waals surface area contributed by atoms with E-state index in [2.05, 4.69) is 46.6 Å². The molecular weight excluding hydrogens is 569 g/mol. The number of aryl methyl sites for hydroxylation is 1. The molecule has 0 spiro atoms. The zero-order valence-corrected chi connectivity index (χ0v) is 26.0. The van der Waals surface area contributed by atoms with Gasteiger partial charge in [0.2, 0.25) is 0 Å². The molecular formula is C26H53BN4RuY+. The fourth-order valence-electron chi connectivity index (χ4n) is 1.95. The summed E-state index contributed by atoms with van der Waals surface area (Å²) >= 11 is 0. The summed E-state index contributed by atoms with van der Waals surface area (Å²) in [4.78, 5) is 8.77. The minimum atomic E-state index is 0. The van der Waals surface area contributed by atoms with Gasteiger partial charge in [-0.15, -0.1) is 6.42 Å². The molecule has 4 nitrogen and oxygen atoms in total. The molecule has 7 heteroatoms. The van der Waals surface area contributed by atoms with E-state index in [-0.39, 0.29) is 90.3 Å². The Morgan fingerprint density at radius 1 is 0.727 bits per heavy atom. The van der Waals surface area contributed by atoms with Crippen molar-refractivity contribution in [2.24, 2.45) is 0 Å². The molecule has 0 bridgehead atoms. The first-order valence-corrected chi connectivity index (χ1v) is 9.71. The van der Waals surface area contributed by atoms with Gasteiger partial charge in [0.15, 0.2) is 0 Å². The van der Waals surface area contributed by atoms with Crippen molar-refractivity contribution in [1.29, 1.82) is 0 Å². The third kappa shape index (κ3) is 32.0. The van der Waals surface area contributed by atoms with Crippen LogP contribution in [0.1, 0.15) is 72.2 Å². The summed E-state index contributed by atoms with van der Waals surface area (Å²) < 4.78 is 0. The molecule has 0 aliphatic carbocycles. The number of nitrogens with zero attached hydrogens (tertiary/aromatic N) is 2. The number of rotatable bonds is 6. The van der Waals surface area contributed by atoms with E-state index in [9.17, 15) is 0 Å². The number of hydrogen-bond acceptors (Lipinski definition) is 4. The molecule has 2 rings (SSSR count). The average molecular weight is 623 g/mol. The molecule has 0 aromatic carbocycles. The van der Waals surface area contributed by atoms with E-state index in [1.807, 2.05) is 66.1 Å². The second kappa shape index (κ2) is 45.5.